The van der Waals surface area contributed by atoms with Gasteiger partial charge in [-0.1, -0.05) is 23.7 Å². The van der Waals surface area contributed by atoms with Gasteiger partial charge in [-0.2, -0.15) is 0 Å². The molecule has 1 N–H and O–H groups in total. The van der Waals surface area contributed by atoms with Crippen LogP contribution in [0.15, 0.2) is 48.0 Å². The van der Waals surface area contributed by atoms with Crippen LogP contribution in [0.3, 0.4) is 0 Å². The summed E-state index contributed by atoms with van der Waals surface area (Å²) in [6.07, 6.45) is 1.76. The number of halogens is 1. The first-order valence-corrected chi connectivity index (χ1v) is 7.46. The molecule has 0 aliphatic carbocycles. The first-order chi connectivity index (χ1) is 11.0. The van der Waals surface area contributed by atoms with Crippen molar-refractivity contribution in [2.24, 2.45) is 0 Å². The van der Waals surface area contributed by atoms with Crippen molar-refractivity contribution in [2.75, 3.05) is 11.9 Å². The van der Waals surface area contributed by atoms with Gasteiger partial charge >= 0.3 is 0 Å². The quantitative estimate of drug-likeness (QED) is 0.868. The molecule has 1 aliphatic heterocycles. The van der Waals surface area contributed by atoms with E-state index >= 15 is 0 Å². The number of ketones is 1. The Bertz CT molecular complexity index is 827. The van der Waals surface area contributed by atoms with Crippen LogP contribution in [0.4, 0.5) is 5.69 Å². The Labute approximate surface area is 138 Å². The molecule has 0 unspecified atom stereocenters. The van der Waals surface area contributed by atoms with E-state index in [1.165, 1.54) is 6.92 Å². The largest absolute Gasteiger partial charge is 0.488 e. The fraction of sp³-hybridized carbons (Fsp3) is 0.111. The third kappa shape index (κ3) is 3.43. The number of amides is 1. The molecule has 0 saturated carbocycles. The van der Waals surface area contributed by atoms with Crippen LogP contribution in [0.5, 0.6) is 5.75 Å². The minimum absolute atomic E-state index is 0.0510. The molecular weight excluding hydrogens is 314 g/mol. The van der Waals surface area contributed by atoms with Gasteiger partial charge in [-0.25, -0.2) is 0 Å². The van der Waals surface area contributed by atoms with Gasteiger partial charge in [0.05, 0.1) is 5.57 Å². The summed E-state index contributed by atoms with van der Waals surface area (Å²) in [5.41, 5.74) is 2.38. The molecule has 1 heterocycles. The van der Waals surface area contributed by atoms with E-state index in [-0.39, 0.29) is 18.3 Å². The van der Waals surface area contributed by atoms with Crippen LogP contribution in [-0.2, 0) is 4.79 Å². The van der Waals surface area contributed by atoms with Crippen LogP contribution in [0.1, 0.15) is 22.8 Å². The number of carbonyl (C=O) groups excluding carboxylic acids is 2. The van der Waals surface area contributed by atoms with E-state index < -0.39 is 0 Å². The lowest BCUT2D eigenvalue weighted by Crippen LogP contribution is -2.21. The predicted molar refractivity (Wildman–Crippen MR) is 90.0 cm³/mol. The van der Waals surface area contributed by atoms with Crippen molar-refractivity contribution in [3.8, 4) is 5.75 Å². The third-order valence-corrected chi connectivity index (χ3v) is 3.74. The summed E-state index contributed by atoms with van der Waals surface area (Å²) in [6, 6.07) is 12.1. The van der Waals surface area contributed by atoms with Gasteiger partial charge in [-0.3, -0.25) is 9.59 Å². The number of anilines is 1. The van der Waals surface area contributed by atoms with Crippen molar-refractivity contribution >= 4 is 35.1 Å². The van der Waals surface area contributed by atoms with Crippen molar-refractivity contribution in [3.05, 3.63) is 64.2 Å². The van der Waals surface area contributed by atoms with Gasteiger partial charge < -0.3 is 10.1 Å². The molecule has 4 nitrogen and oxygen atoms in total. The van der Waals surface area contributed by atoms with Gasteiger partial charge in [-0.05, 0) is 43.3 Å². The molecule has 2 aromatic carbocycles. The highest BCUT2D eigenvalue weighted by molar-refractivity contribution is 6.30. The summed E-state index contributed by atoms with van der Waals surface area (Å²) in [6.45, 7) is 1.67. The van der Waals surface area contributed by atoms with Gasteiger partial charge in [0.25, 0.3) is 5.91 Å². The molecule has 0 spiro atoms. The monoisotopic (exact) mass is 327 g/mol. The molecule has 116 valence electrons. The summed E-state index contributed by atoms with van der Waals surface area (Å²) in [5, 5.41) is 3.36. The zero-order valence-corrected chi connectivity index (χ0v) is 13.2. The summed E-state index contributed by atoms with van der Waals surface area (Å²) >= 11 is 5.96. The zero-order valence-electron chi connectivity index (χ0n) is 12.4. The van der Waals surface area contributed by atoms with Crippen LogP contribution >= 0.6 is 11.6 Å². The number of benzene rings is 2. The normalized spacial score (nSPS) is 12.7. The Morgan fingerprint density at radius 2 is 2.00 bits per heavy atom. The Morgan fingerprint density at radius 3 is 2.78 bits per heavy atom. The first kappa shape index (κ1) is 15.3. The van der Waals surface area contributed by atoms with Crippen LogP contribution in [0.2, 0.25) is 5.02 Å². The number of rotatable bonds is 3. The van der Waals surface area contributed by atoms with Crippen molar-refractivity contribution in [1.82, 2.24) is 0 Å². The zero-order chi connectivity index (χ0) is 16.4. The lowest BCUT2D eigenvalue weighted by Gasteiger charge is -2.18. The van der Waals surface area contributed by atoms with Crippen LogP contribution in [0.25, 0.3) is 6.08 Å². The molecule has 3 rings (SSSR count). The predicted octanol–water partition coefficient (Wildman–Crippen LogP) is 3.96. The number of nitrogens with one attached hydrogen (secondary N) is 1. The van der Waals surface area contributed by atoms with E-state index in [4.69, 9.17) is 16.3 Å². The maximum atomic E-state index is 12.4. The Kier molecular flexibility index (Phi) is 4.17. The van der Waals surface area contributed by atoms with Crippen molar-refractivity contribution in [2.45, 2.75) is 6.92 Å². The molecule has 0 aromatic heterocycles. The summed E-state index contributed by atoms with van der Waals surface area (Å²) in [5.74, 6) is 0.380. The second-order valence-corrected chi connectivity index (χ2v) is 5.67. The molecule has 1 amide bonds. The van der Waals surface area contributed by atoms with Gasteiger partial charge in [-0.15, -0.1) is 0 Å². The molecule has 1 aliphatic rings. The summed E-state index contributed by atoms with van der Waals surface area (Å²) in [4.78, 5) is 23.8. The molecular formula is C18H14ClNO3. The highest BCUT2D eigenvalue weighted by atomic mass is 35.5. The van der Waals surface area contributed by atoms with Gasteiger partial charge in [0.2, 0.25) is 0 Å². The first-order valence-electron chi connectivity index (χ1n) is 7.08. The van der Waals surface area contributed by atoms with Gasteiger partial charge in [0, 0.05) is 21.8 Å². The van der Waals surface area contributed by atoms with E-state index in [1.807, 2.05) is 0 Å². The number of fused-ring (bicyclic) bond motifs is 1. The maximum Gasteiger partial charge on any atom is 0.255 e. The molecule has 0 atom stereocenters. The fourth-order valence-electron chi connectivity index (χ4n) is 2.31. The van der Waals surface area contributed by atoms with Crippen LogP contribution < -0.4 is 10.1 Å². The molecule has 0 saturated heterocycles. The maximum absolute atomic E-state index is 12.4. The van der Waals surface area contributed by atoms with E-state index in [0.717, 1.165) is 5.56 Å². The highest BCUT2D eigenvalue weighted by Gasteiger charge is 2.17. The number of carbonyl (C=O) groups is 2. The van der Waals surface area contributed by atoms with Crippen molar-refractivity contribution in [1.29, 1.82) is 0 Å². The second kappa shape index (κ2) is 6.26. The number of hydrogen-bond donors (Lipinski definition) is 1. The van der Waals surface area contributed by atoms with E-state index in [2.05, 4.69) is 5.32 Å². The number of ether oxygens (including phenoxy) is 1. The van der Waals surface area contributed by atoms with Crippen molar-refractivity contribution < 1.29 is 14.3 Å². The number of Topliss-reactive ketones (excluding diaryl/α,β-unsaturated/α-hetero) is 1. The molecule has 23 heavy (non-hydrogen) atoms. The van der Waals surface area contributed by atoms with Crippen molar-refractivity contribution in [3.63, 3.8) is 0 Å². The average Bonchev–Trinajstić information content (AvgIpc) is 2.54. The minimum Gasteiger partial charge on any atom is -0.488 e. The summed E-state index contributed by atoms with van der Waals surface area (Å²) in [7, 11) is 0. The van der Waals surface area contributed by atoms with Gasteiger partial charge in [0.1, 0.15) is 12.4 Å². The summed E-state index contributed by atoms with van der Waals surface area (Å²) < 4.78 is 5.57. The van der Waals surface area contributed by atoms with Crippen LogP contribution in [-0.4, -0.2) is 18.3 Å². The molecule has 5 heteroatoms. The lowest BCUT2D eigenvalue weighted by atomic mass is 10.1. The second-order valence-electron chi connectivity index (χ2n) is 5.23. The smallest absolute Gasteiger partial charge is 0.255 e. The van der Waals surface area contributed by atoms with Gasteiger partial charge in [0.15, 0.2) is 5.78 Å². The SMILES string of the molecule is CC(=O)c1cccc(NC(=O)C2=Cc3cc(Cl)ccc3OC2)c1. The Hall–Kier alpha value is -2.59. The molecule has 0 bridgehead atoms. The fourth-order valence-corrected chi connectivity index (χ4v) is 2.49. The molecule has 0 fully saturated rings. The topological polar surface area (TPSA) is 55.4 Å². The standard InChI is InChI=1S/C18H14ClNO3/c1-11(21)12-3-2-4-16(9-12)20-18(22)14-7-13-8-15(19)5-6-17(13)23-10-14/h2-9H,10H2,1H3,(H,20,22). The Balaban J connectivity index is 1.81. The molecule has 0 radical (unpaired) electrons. The Morgan fingerprint density at radius 1 is 1.17 bits per heavy atom. The average molecular weight is 328 g/mol. The minimum atomic E-state index is -0.267. The third-order valence-electron chi connectivity index (χ3n) is 3.50. The molecule has 2 aromatic rings. The van der Waals surface area contributed by atoms with E-state index in [0.29, 0.717) is 27.6 Å². The van der Waals surface area contributed by atoms with Crippen LogP contribution in [0, 0.1) is 0 Å². The highest BCUT2D eigenvalue weighted by Crippen LogP contribution is 2.29. The number of hydrogen-bond acceptors (Lipinski definition) is 3. The van der Waals surface area contributed by atoms with E-state index in [1.54, 1.807) is 48.5 Å². The van der Waals surface area contributed by atoms with E-state index in [9.17, 15) is 9.59 Å². The lowest BCUT2D eigenvalue weighted by molar-refractivity contribution is -0.113.